The summed E-state index contributed by atoms with van der Waals surface area (Å²) in [5.74, 6) is 4.54. The molecular formula is C39H76O2Si2. The molecule has 4 saturated carbocycles. The van der Waals surface area contributed by atoms with Gasteiger partial charge in [0, 0.05) is 12.2 Å². The molecule has 0 aromatic rings. The Morgan fingerprint density at radius 2 is 1.12 bits per heavy atom. The van der Waals surface area contributed by atoms with Crippen LogP contribution in [-0.2, 0) is 8.85 Å². The number of hydrogen-bond donors (Lipinski definition) is 0. The van der Waals surface area contributed by atoms with Crippen LogP contribution in [0.5, 0.6) is 0 Å². The van der Waals surface area contributed by atoms with E-state index in [0.717, 1.165) is 29.6 Å². The van der Waals surface area contributed by atoms with Crippen LogP contribution in [-0.4, -0.2) is 28.8 Å². The monoisotopic (exact) mass is 633 g/mol. The van der Waals surface area contributed by atoms with Crippen LogP contribution < -0.4 is 0 Å². The Morgan fingerprint density at radius 1 is 0.605 bits per heavy atom. The van der Waals surface area contributed by atoms with Crippen molar-refractivity contribution in [2.24, 2.45) is 40.4 Å². The summed E-state index contributed by atoms with van der Waals surface area (Å²) in [5, 5.41) is 0. The minimum atomic E-state index is -1.63. The molecule has 0 amide bonds. The molecule has 0 bridgehead atoms. The van der Waals surface area contributed by atoms with Crippen molar-refractivity contribution in [1.29, 1.82) is 0 Å². The van der Waals surface area contributed by atoms with Gasteiger partial charge >= 0.3 is 0 Å². The second-order valence-electron chi connectivity index (χ2n) is 17.1. The van der Waals surface area contributed by atoms with E-state index >= 15 is 0 Å². The number of rotatable bonds is 17. The van der Waals surface area contributed by atoms with E-state index in [0.29, 0.717) is 23.0 Å². The highest BCUT2D eigenvalue weighted by molar-refractivity contribution is 6.74. The summed E-state index contributed by atoms with van der Waals surface area (Å²) in [6.07, 6.45) is 21.9. The topological polar surface area (TPSA) is 18.5 Å². The van der Waals surface area contributed by atoms with Crippen molar-refractivity contribution in [2.75, 3.05) is 0 Å². The Bertz CT molecular complexity index is 813. The average Bonchev–Trinajstić information content (AvgIpc) is 3.31. The van der Waals surface area contributed by atoms with Crippen LogP contribution in [0.3, 0.4) is 0 Å². The quantitative estimate of drug-likeness (QED) is 0.149. The van der Waals surface area contributed by atoms with Gasteiger partial charge in [-0.25, -0.2) is 0 Å². The van der Waals surface area contributed by atoms with Crippen molar-refractivity contribution in [3.05, 3.63) is 0 Å². The van der Waals surface area contributed by atoms with Gasteiger partial charge in [-0.3, -0.25) is 0 Å². The van der Waals surface area contributed by atoms with Crippen molar-refractivity contribution in [3.8, 4) is 0 Å². The summed E-state index contributed by atoms with van der Waals surface area (Å²) in [4.78, 5) is 0. The Labute approximate surface area is 272 Å². The molecule has 0 aliphatic heterocycles. The lowest BCUT2D eigenvalue weighted by atomic mass is 9.44. The summed E-state index contributed by atoms with van der Waals surface area (Å²) in [6.45, 7) is 22.4. The van der Waals surface area contributed by atoms with Crippen LogP contribution >= 0.6 is 0 Å². The third-order valence-corrected chi connectivity index (χ3v) is 24.5. The SMILES string of the molecule is CCC[Si](CCC)(CCC)O[C@@H]1CC[C@@]2(C)[C@H](CC[C@@H]3[C@@H]2CC[C@]2(C)[C@@H]([C@@H](C)O[Si](CCC)(CCC)CCC)CC[C@@H]32)C1. The third kappa shape index (κ3) is 7.43. The first kappa shape index (κ1) is 36.2. The predicted octanol–water partition coefficient (Wildman–Crippen LogP) is 12.8. The average molecular weight is 633 g/mol. The summed E-state index contributed by atoms with van der Waals surface area (Å²) in [6, 6.07) is 8.29. The summed E-state index contributed by atoms with van der Waals surface area (Å²) < 4.78 is 14.8. The van der Waals surface area contributed by atoms with E-state index in [1.54, 1.807) is 0 Å². The van der Waals surface area contributed by atoms with Gasteiger partial charge in [0.2, 0.25) is 0 Å². The largest absolute Gasteiger partial charge is 0.414 e. The van der Waals surface area contributed by atoms with E-state index in [9.17, 15) is 0 Å². The Morgan fingerprint density at radius 3 is 1.67 bits per heavy atom. The standard InChI is InChI=1S/C39H76O2Si2/c1-10-24-42(25-11-2,26-12-3)40-31(7)35-18-19-36-34-17-16-32-30-33(41-43(27-13-4,28-14-5)29-15-6)20-22-38(32,8)37(34)21-23-39(35,36)9/h31-37H,10-30H2,1-9H3/t31-,32-,33-,34+,35-,36+,37+,38+,39-/m1/s1. The van der Waals surface area contributed by atoms with Crippen molar-refractivity contribution in [1.82, 2.24) is 0 Å². The zero-order chi connectivity index (χ0) is 31.3. The zero-order valence-electron chi connectivity index (χ0n) is 30.7. The molecule has 4 heteroatoms. The summed E-state index contributed by atoms with van der Waals surface area (Å²) >= 11 is 0. The van der Waals surface area contributed by atoms with Gasteiger partial charge in [0.05, 0.1) is 0 Å². The van der Waals surface area contributed by atoms with E-state index in [2.05, 4.69) is 62.3 Å². The molecule has 43 heavy (non-hydrogen) atoms. The van der Waals surface area contributed by atoms with Crippen LogP contribution in [0.15, 0.2) is 0 Å². The van der Waals surface area contributed by atoms with E-state index in [1.807, 2.05) is 0 Å². The normalized spacial score (nSPS) is 37.0. The van der Waals surface area contributed by atoms with Gasteiger partial charge < -0.3 is 8.85 Å². The second-order valence-corrected chi connectivity index (χ2v) is 25.3. The van der Waals surface area contributed by atoms with E-state index in [1.165, 1.54) is 133 Å². The van der Waals surface area contributed by atoms with Crippen molar-refractivity contribution >= 4 is 16.6 Å². The molecule has 0 spiro atoms. The van der Waals surface area contributed by atoms with Crippen molar-refractivity contribution in [2.45, 2.75) is 207 Å². The molecule has 0 N–H and O–H groups in total. The van der Waals surface area contributed by atoms with E-state index < -0.39 is 16.6 Å². The van der Waals surface area contributed by atoms with Gasteiger partial charge in [0.15, 0.2) is 16.6 Å². The maximum Gasteiger partial charge on any atom is 0.193 e. The van der Waals surface area contributed by atoms with Gasteiger partial charge in [-0.05, 0) is 141 Å². The lowest BCUT2D eigenvalue weighted by Crippen LogP contribution is -2.55. The van der Waals surface area contributed by atoms with Crippen LogP contribution in [0.1, 0.15) is 159 Å². The minimum Gasteiger partial charge on any atom is -0.414 e. The highest BCUT2D eigenvalue weighted by Crippen LogP contribution is 2.68. The molecule has 0 unspecified atom stereocenters. The van der Waals surface area contributed by atoms with Crippen LogP contribution in [0.25, 0.3) is 0 Å². The molecule has 4 fully saturated rings. The molecule has 4 aliphatic rings. The van der Waals surface area contributed by atoms with Gasteiger partial charge in [-0.15, -0.1) is 0 Å². The zero-order valence-corrected chi connectivity index (χ0v) is 32.7. The van der Waals surface area contributed by atoms with Gasteiger partial charge in [-0.1, -0.05) is 93.9 Å². The lowest BCUT2D eigenvalue weighted by Gasteiger charge is -2.61. The van der Waals surface area contributed by atoms with Crippen molar-refractivity contribution < 1.29 is 8.85 Å². The molecular weight excluding hydrogens is 557 g/mol. The summed E-state index contributed by atoms with van der Waals surface area (Å²) in [7, 11) is -3.22. The molecule has 4 rings (SSSR count). The van der Waals surface area contributed by atoms with Crippen molar-refractivity contribution in [3.63, 3.8) is 0 Å². The first-order chi connectivity index (χ1) is 20.6. The Hall–Kier alpha value is 0.354. The van der Waals surface area contributed by atoms with Gasteiger partial charge in [-0.2, -0.15) is 0 Å². The third-order valence-electron chi connectivity index (χ3n) is 14.3. The molecule has 0 aromatic carbocycles. The fourth-order valence-corrected chi connectivity index (χ4v) is 22.4. The highest BCUT2D eigenvalue weighted by atomic mass is 28.4. The van der Waals surface area contributed by atoms with E-state index in [4.69, 9.17) is 8.85 Å². The number of fused-ring (bicyclic) bond motifs is 5. The predicted molar refractivity (Wildman–Crippen MR) is 193 cm³/mol. The van der Waals surface area contributed by atoms with E-state index in [-0.39, 0.29) is 0 Å². The Kier molecular flexibility index (Phi) is 13.0. The fourth-order valence-electron chi connectivity index (χ4n) is 12.8. The molecule has 0 radical (unpaired) electrons. The molecule has 2 nitrogen and oxygen atoms in total. The van der Waals surface area contributed by atoms with Gasteiger partial charge in [0.1, 0.15) is 0 Å². The molecule has 0 heterocycles. The first-order valence-electron chi connectivity index (χ1n) is 19.9. The molecule has 0 saturated heterocycles. The highest BCUT2D eigenvalue weighted by Gasteiger charge is 2.61. The second kappa shape index (κ2) is 15.5. The fraction of sp³-hybridized carbons (Fsp3) is 1.00. The van der Waals surface area contributed by atoms with Crippen LogP contribution in [0.2, 0.25) is 36.3 Å². The maximum atomic E-state index is 7.43. The van der Waals surface area contributed by atoms with Gasteiger partial charge in [0.25, 0.3) is 0 Å². The number of hydrogen-bond acceptors (Lipinski definition) is 2. The minimum absolute atomic E-state index is 0.459. The molecule has 252 valence electrons. The molecule has 4 aliphatic carbocycles. The molecule has 9 atom stereocenters. The maximum absolute atomic E-state index is 7.43. The Balaban J connectivity index is 1.45. The van der Waals surface area contributed by atoms with Crippen LogP contribution in [0.4, 0.5) is 0 Å². The molecule has 0 aromatic heterocycles. The van der Waals surface area contributed by atoms with Crippen LogP contribution in [0, 0.1) is 40.4 Å². The smallest absolute Gasteiger partial charge is 0.193 e. The summed E-state index contributed by atoms with van der Waals surface area (Å²) in [5.41, 5.74) is 1.06. The lowest BCUT2D eigenvalue weighted by molar-refractivity contribution is -0.130. The first-order valence-corrected chi connectivity index (χ1v) is 25.0.